The molecule has 0 bridgehead atoms. The number of fused-ring (bicyclic) bond motifs is 3. The maximum absolute atomic E-state index is 13.9. The molecule has 5 rings (SSSR count). The third kappa shape index (κ3) is 8.67. The summed E-state index contributed by atoms with van der Waals surface area (Å²) in [6, 6.07) is 20.8. The predicted octanol–water partition coefficient (Wildman–Crippen LogP) is 6.97. The van der Waals surface area contributed by atoms with Crippen molar-refractivity contribution in [3.8, 4) is 5.75 Å². The molecule has 1 aromatic heterocycles. The summed E-state index contributed by atoms with van der Waals surface area (Å²) in [5.41, 5.74) is 3.43. The van der Waals surface area contributed by atoms with E-state index in [-0.39, 0.29) is 51.2 Å². The van der Waals surface area contributed by atoms with Gasteiger partial charge in [-0.2, -0.15) is 0 Å². The fourth-order valence-corrected chi connectivity index (χ4v) is 6.96. The van der Waals surface area contributed by atoms with Gasteiger partial charge in [-0.05, 0) is 47.7 Å². The summed E-state index contributed by atoms with van der Waals surface area (Å²) in [7, 11) is 4.95. The fourth-order valence-electron chi connectivity index (χ4n) is 5.89. The van der Waals surface area contributed by atoms with E-state index in [0.29, 0.717) is 35.3 Å². The fraction of sp³-hybridized carbons (Fsp3) is 0.378. The van der Waals surface area contributed by atoms with Crippen molar-refractivity contribution in [2.45, 2.75) is 19.4 Å². The topological polar surface area (TPSA) is 110 Å². The van der Waals surface area contributed by atoms with Crippen LogP contribution in [-0.2, 0) is 20.8 Å². The Bertz CT molecular complexity index is 1780. The lowest BCUT2D eigenvalue weighted by Gasteiger charge is -2.27. The van der Waals surface area contributed by atoms with Crippen LogP contribution in [0, 0.1) is 6.92 Å². The summed E-state index contributed by atoms with van der Waals surface area (Å²) in [4.78, 5) is 47.2. The van der Waals surface area contributed by atoms with E-state index in [1.165, 1.54) is 21.1 Å². The minimum absolute atomic E-state index is 0.0879. The van der Waals surface area contributed by atoms with E-state index in [1.54, 1.807) is 25.2 Å². The molecule has 11 nitrogen and oxygen atoms in total. The van der Waals surface area contributed by atoms with E-state index in [2.05, 4.69) is 5.32 Å². The third-order valence-corrected chi connectivity index (χ3v) is 9.96. The van der Waals surface area contributed by atoms with Crippen molar-refractivity contribution in [1.82, 2.24) is 9.80 Å². The number of halogens is 1. The van der Waals surface area contributed by atoms with Gasteiger partial charge in [0.1, 0.15) is 12.4 Å². The number of thiophene rings is 1. The molecule has 50 heavy (non-hydrogen) atoms. The number of carbonyl (C=O) groups is 3. The number of alkyl halides is 1. The summed E-state index contributed by atoms with van der Waals surface area (Å²) in [6.07, 6.45) is -1.14. The zero-order valence-electron chi connectivity index (χ0n) is 28.8. The van der Waals surface area contributed by atoms with Gasteiger partial charge in [-0.15, -0.1) is 22.9 Å². The van der Waals surface area contributed by atoms with E-state index in [9.17, 15) is 14.4 Å². The van der Waals surface area contributed by atoms with Gasteiger partial charge < -0.3 is 39.0 Å². The number of ether oxygens (including phenoxy) is 4. The first-order valence-corrected chi connectivity index (χ1v) is 17.8. The molecule has 0 fully saturated rings. The molecular formula is C37H43ClN4O7S. The van der Waals surface area contributed by atoms with Crippen LogP contribution in [0.25, 0.3) is 10.8 Å². The second-order valence-electron chi connectivity index (χ2n) is 11.9. The maximum atomic E-state index is 13.9. The quantitative estimate of drug-likeness (QED) is 0.131. The average molecular weight is 723 g/mol. The van der Waals surface area contributed by atoms with Crippen molar-refractivity contribution in [1.29, 1.82) is 0 Å². The standard InChI is InChI=1S/C37H43ClN4O7S/c1-25-9-14-33(50-25)35(43)42-23-27(22-38)34-30-8-6-5-7-29(30)32(21-31(34)42)49-37(45)41(18-20-47-4)16-15-40(17-19-46-3)36(44)48-24-26-10-12-28(39-2)13-11-26/h5-14,21,27,39H,15-20,22-24H2,1-4H3/t27-/m1/s1. The van der Waals surface area contributed by atoms with E-state index in [0.717, 1.165) is 32.5 Å². The molecule has 1 atom stereocenters. The molecule has 4 aromatic rings. The number of methoxy groups -OCH3 is 2. The minimum atomic E-state index is -0.615. The third-order valence-electron chi connectivity index (χ3n) is 8.60. The summed E-state index contributed by atoms with van der Waals surface area (Å²) in [5.74, 6) is 0.445. The molecular weight excluding hydrogens is 680 g/mol. The zero-order chi connectivity index (χ0) is 35.6. The Labute approximate surface area is 301 Å². The summed E-state index contributed by atoms with van der Waals surface area (Å²) < 4.78 is 22.3. The molecule has 266 valence electrons. The van der Waals surface area contributed by atoms with Gasteiger partial charge in [0.2, 0.25) is 0 Å². The SMILES string of the molecule is CNc1ccc(COC(=O)N(CCOC)CCN(CCOC)C(=O)Oc2cc3c(c4ccccc24)[C@H](CCl)CN3C(=O)c2ccc(C)s2)cc1. The Morgan fingerprint density at radius 3 is 2.16 bits per heavy atom. The van der Waals surface area contributed by atoms with Crippen LogP contribution >= 0.6 is 22.9 Å². The molecule has 0 aliphatic carbocycles. The van der Waals surface area contributed by atoms with Crippen LogP contribution < -0.4 is 15.0 Å². The maximum Gasteiger partial charge on any atom is 0.415 e. The van der Waals surface area contributed by atoms with E-state index in [4.69, 9.17) is 30.5 Å². The lowest BCUT2D eigenvalue weighted by Crippen LogP contribution is -2.44. The number of nitrogens with one attached hydrogen (secondary N) is 1. The number of nitrogens with zero attached hydrogens (tertiary/aromatic N) is 3. The number of aryl methyl sites for hydroxylation is 1. The van der Waals surface area contributed by atoms with Crippen LogP contribution in [0.5, 0.6) is 5.75 Å². The highest BCUT2D eigenvalue weighted by atomic mass is 35.5. The smallest absolute Gasteiger partial charge is 0.415 e. The second kappa shape index (κ2) is 17.5. The average Bonchev–Trinajstić information content (AvgIpc) is 3.75. The Kier molecular flexibility index (Phi) is 12.9. The van der Waals surface area contributed by atoms with Crippen molar-refractivity contribution in [3.05, 3.63) is 87.6 Å². The lowest BCUT2D eigenvalue weighted by atomic mass is 9.95. The molecule has 0 radical (unpaired) electrons. The van der Waals surface area contributed by atoms with E-state index >= 15 is 0 Å². The highest BCUT2D eigenvalue weighted by molar-refractivity contribution is 7.14. The van der Waals surface area contributed by atoms with Crippen molar-refractivity contribution >= 4 is 63.2 Å². The first-order chi connectivity index (χ1) is 24.3. The van der Waals surface area contributed by atoms with Crippen LogP contribution in [0.3, 0.4) is 0 Å². The van der Waals surface area contributed by atoms with Crippen LogP contribution in [0.2, 0.25) is 0 Å². The molecule has 3 amide bonds. The Hall–Kier alpha value is -4.36. The van der Waals surface area contributed by atoms with Gasteiger partial charge in [0.05, 0.1) is 23.8 Å². The molecule has 1 aliphatic heterocycles. The molecule has 1 N–H and O–H groups in total. The van der Waals surface area contributed by atoms with Crippen LogP contribution in [-0.4, -0.2) is 101 Å². The van der Waals surface area contributed by atoms with Gasteiger partial charge in [0, 0.05) is 87.8 Å². The van der Waals surface area contributed by atoms with E-state index < -0.39 is 12.2 Å². The van der Waals surface area contributed by atoms with Crippen molar-refractivity contribution in [2.24, 2.45) is 0 Å². The van der Waals surface area contributed by atoms with Crippen LogP contribution in [0.1, 0.15) is 31.6 Å². The monoisotopic (exact) mass is 722 g/mol. The lowest BCUT2D eigenvalue weighted by molar-refractivity contribution is 0.0742. The van der Waals surface area contributed by atoms with Gasteiger partial charge in [0.15, 0.2) is 0 Å². The van der Waals surface area contributed by atoms with Crippen LogP contribution in [0.15, 0.2) is 66.7 Å². The Morgan fingerprint density at radius 2 is 1.56 bits per heavy atom. The number of carbonyl (C=O) groups excluding carboxylic acids is 3. The van der Waals surface area contributed by atoms with Gasteiger partial charge in [0.25, 0.3) is 5.91 Å². The molecule has 0 saturated carbocycles. The van der Waals surface area contributed by atoms with Crippen molar-refractivity contribution in [2.75, 3.05) is 83.3 Å². The molecule has 2 heterocycles. The number of hydrogen-bond donors (Lipinski definition) is 1. The van der Waals surface area contributed by atoms with Crippen LogP contribution in [0.4, 0.5) is 21.0 Å². The normalized spacial score (nSPS) is 13.6. The predicted molar refractivity (Wildman–Crippen MR) is 197 cm³/mol. The summed E-state index contributed by atoms with van der Waals surface area (Å²) in [5, 5.41) is 4.66. The molecule has 1 aliphatic rings. The first-order valence-electron chi connectivity index (χ1n) is 16.4. The molecule has 0 spiro atoms. The van der Waals surface area contributed by atoms with Gasteiger partial charge in [-0.3, -0.25) is 4.79 Å². The van der Waals surface area contributed by atoms with Gasteiger partial charge >= 0.3 is 12.2 Å². The highest BCUT2D eigenvalue weighted by Crippen LogP contribution is 2.46. The summed E-state index contributed by atoms with van der Waals surface area (Å²) >= 11 is 7.90. The molecule has 0 unspecified atom stereocenters. The molecule has 13 heteroatoms. The van der Waals surface area contributed by atoms with Crippen molar-refractivity contribution in [3.63, 3.8) is 0 Å². The first kappa shape index (κ1) is 36.9. The summed E-state index contributed by atoms with van der Waals surface area (Å²) in [6.45, 7) is 3.84. The number of rotatable bonds is 15. The number of benzene rings is 3. The molecule has 0 saturated heterocycles. The second-order valence-corrected chi connectivity index (χ2v) is 13.5. The van der Waals surface area contributed by atoms with Gasteiger partial charge in [-0.25, -0.2) is 9.59 Å². The number of amides is 3. The molecule has 3 aromatic carbocycles. The highest BCUT2D eigenvalue weighted by Gasteiger charge is 2.36. The zero-order valence-corrected chi connectivity index (χ0v) is 30.4. The largest absolute Gasteiger partial charge is 0.445 e. The van der Waals surface area contributed by atoms with E-state index in [1.807, 2.05) is 74.6 Å². The van der Waals surface area contributed by atoms with Gasteiger partial charge in [-0.1, -0.05) is 36.4 Å². The number of hydrogen-bond acceptors (Lipinski definition) is 9. The van der Waals surface area contributed by atoms with Crippen molar-refractivity contribution < 1.29 is 33.3 Å². The Morgan fingerprint density at radius 1 is 0.900 bits per heavy atom. The minimum Gasteiger partial charge on any atom is -0.445 e. The Balaban J connectivity index is 1.36. The number of anilines is 2.